The highest BCUT2D eigenvalue weighted by Crippen LogP contribution is 2.46. The van der Waals surface area contributed by atoms with E-state index in [9.17, 15) is 23.1 Å². The molecule has 1 unspecified atom stereocenters. The summed E-state index contributed by atoms with van der Waals surface area (Å²) in [4.78, 5) is 11.4. The first-order valence-electron chi connectivity index (χ1n) is 4.96. The van der Waals surface area contributed by atoms with E-state index in [4.69, 9.17) is 4.74 Å². The maximum absolute atomic E-state index is 13.0. The van der Waals surface area contributed by atoms with Crippen molar-refractivity contribution in [3.63, 3.8) is 0 Å². The van der Waals surface area contributed by atoms with Crippen molar-refractivity contribution < 1.29 is 32.5 Å². The Hall–Kier alpha value is -1.92. The standard InChI is InChI=1S/C11H9F3O4/c1-17-9(16)10(11(12,13)14)5-6-4-7(15)2-3-8(6)18-10/h2-4,15H,5H2,1H3. The van der Waals surface area contributed by atoms with Crippen LogP contribution in [0.15, 0.2) is 18.2 Å². The zero-order valence-electron chi connectivity index (χ0n) is 9.25. The van der Waals surface area contributed by atoms with Crippen LogP contribution in [0.1, 0.15) is 5.56 Å². The first kappa shape index (κ1) is 12.5. The number of hydrogen-bond acceptors (Lipinski definition) is 4. The Labute approximate surface area is 99.9 Å². The lowest BCUT2D eigenvalue weighted by atomic mass is 9.96. The summed E-state index contributed by atoms with van der Waals surface area (Å²) >= 11 is 0. The third-order valence-electron chi connectivity index (χ3n) is 2.74. The molecule has 2 rings (SSSR count). The van der Waals surface area contributed by atoms with Crippen molar-refractivity contribution in [1.29, 1.82) is 0 Å². The minimum absolute atomic E-state index is 0.0875. The van der Waals surface area contributed by atoms with Crippen LogP contribution >= 0.6 is 0 Å². The molecule has 7 heteroatoms. The Balaban J connectivity index is 2.47. The van der Waals surface area contributed by atoms with Gasteiger partial charge in [0, 0.05) is 12.0 Å². The van der Waals surface area contributed by atoms with Crippen LogP contribution < -0.4 is 4.74 Å². The molecule has 0 aliphatic carbocycles. The van der Waals surface area contributed by atoms with Crippen molar-refractivity contribution in [2.75, 3.05) is 7.11 Å². The van der Waals surface area contributed by atoms with Gasteiger partial charge in [-0.05, 0) is 18.2 Å². The van der Waals surface area contributed by atoms with Crippen molar-refractivity contribution in [2.24, 2.45) is 0 Å². The van der Waals surface area contributed by atoms with Gasteiger partial charge in [0.2, 0.25) is 0 Å². The molecule has 4 nitrogen and oxygen atoms in total. The summed E-state index contributed by atoms with van der Waals surface area (Å²) in [7, 11) is 0.861. The molecule has 1 aromatic carbocycles. The van der Waals surface area contributed by atoms with Crippen LogP contribution in [-0.4, -0.2) is 30.0 Å². The van der Waals surface area contributed by atoms with Gasteiger partial charge in [-0.2, -0.15) is 13.2 Å². The second-order valence-electron chi connectivity index (χ2n) is 3.89. The van der Waals surface area contributed by atoms with Gasteiger partial charge in [-0.15, -0.1) is 0 Å². The van der Waals surface area contributed by atoms with Crippen molar-refractivity contribution >= 4 is 5.97 Å². The lowest BCUT2D eigenvalue weighted by Gasteiger charge is -2.27. The molecule has 1 aromatic rings. The number of methoxy groups -OCH3 is 1. The molecule has 0 saturated heterocycles. The largest absolute Gasteiger partial charge is 0.508 e. The summed E-state index contributed by atoms with van der Waals surface area (Å²) in [6, 6.07) is 3.50. The summed E-state index contributed by atoms with van der Waals surface area (Å²) < 4.78 is 48.0. The molecule has 0 bridgehead atoms. The van der Waals surface area contributed by atoms with E-state index in [0.717, 1.165) is 13.2 Å². The zero-order chi connectivity index (χ0) is 13.6. The molecule has 1 heterocycles. The SMILES string of the molecule is COC(=O)C1(C(F)(F)F)Cc2cc(O)ccc2O1. The van der Waals surface area contributed by atoms with Crippen LogP contribution in [0.4, 0.5) is 13.2 Å². The smallest absolute Gasteiger partial charge is 0.439 e. The molecule has 0 radical (unpaired) electrons. The first-order valence-corrected chi connectivity index (χ1v) is 4.96. The fourth-order valence-corrected chi connectivity index (χ4v) is 1.85. The summed E-state index contributed by atoms with van der Waals surface area (Å²) in [5.41, 5.74) is -2.92. The van der Waals surface area contributed by atoms with E-state index >= 15 is 0 Å². The second-order valence-corrected chi connectivity index (χ2v) is 3.89. The molecule has 0 amide bonds. The molecule has 1 aliphatic heterocycles. The third-order valence-corrected chi connectivity index (χ3v) is 2.74. The summed E-state index contributed by atoms with van der Waals surface area (Å²) in [5.74, 6) is -1.79. The minimum Gasteiger partial charge on any atom is -0.508 e. The minimum atomic E-state index is -4.91. The van der Waals surface area contributed by atoms with Crippen LogP contribution in [0.25, 0.3) is 0 Å². The lowest BCUT2D eigenvalue weighted by Crippen LogP contribution is -2.56. The number of fused-ring (bicyclic) bond motifs is 1. The quantitative estimate of drug-likeness (QED) is 0.784. The van der Waals surface area contributed by atoms with Crippen LogP contribution in [-0.2, 0) is 16.0 Å². The van der Waals surface area contributed by atoms with Crippen LogP contribution in [0.5, 0.6) is 11.5 Å². The predicted molar refractivity (Wildman–Crippen MR) is 53.2 cm³/mol. The molecule has 0 aromatic heterocycles. The highest BCUT2D eigenvalue weighted by atomic mass is 19.4. The van der Waals surface area contributed by atoms with Gasteiger partial charge in [0.1, 0.15) is 11.5 Å². The van der Waals surface area contributed by atoms with Crippen molar-refractivity contribution in [3.05, 3.63) is 23.8 Å². The van der Waals surface area contributed by atoms with E-state index in [1.807, 2.05) is 0 Å². The number of phenolic OH excluding ortho intramolecular Hbond substituents is 1. The number of ether oxygens (including phenoxy) is 2. The summed E-state index contributed by atoms with van der Waals surface area (Å²) in [5, 5.41) is 9.21. The molecule has 1 atom stereocenters. The van der Waals surface area contributed by atoms with Gasteiger partial charge in [0.15, 0.2) is 0 Å². The molecule has 0 spiro atoms. The lowest BCUT2D eigenvalue weighted by molar-refractivity contribution is -0.246. The molecule has 18 heavy (non-hydrogen) atoms. The van der Waals surface area contributed by atoms with Gasteiger partial charge < -0.3 is 14.6 Å². The van der Waals surface area contributed by atoms with Gasteiger partial charge in [0.25, 0.3) is 0 Å². The van der Waals surface area contributed by atoms with E-state index < -0.39 is 24.2 Å². The summed E-state index contributed by atoms with van der Waals surface area (Å²) in [6.45, 7) is 0. The predicted octanol–water partition coefficient (Wildman–Crippen LogP) is 1.80. The maximum Gasteiger partial charge on any atom is 0.439 e. The number of esters is 1. The van der Waals surface area contributed by atoms with Crippen LogP contribution in [0.2, 0.25) is 0 Å². The Kier molecular flexibility index (Phi) is 2.64. The Morgan fingerprint density at radius 1 is 1.50 bits per heavy atom. The van der Waals surface area contributed by atoms with Crippen molar-refractivity contribution in [3.8, 4) is 11.5 Å². The number of carbonyl (C=O) groups excluding carboxylic acids is 1. The number of hydrogen-bond donors (Lipinski definition) is 1. The average Bonchev–Trinajstić information content (AvgIpc) is 2.67. The Morgan fingerprint density at radius 2 is 2.17 bits per heavy atom. The molecule has 98 valence electrons. The number of benzene rings is 1. The Morgan fingerprint density at radius 3 is 2.72 bits per heavy atom. The van der Waals surface area contributed by atoms with Crippen molar-refractivity contribution in [2.45, 2.75) is 18.2 Å². The van der Waals surface area contributed by atoms with E-state index in [-0.39, 0.29) is 17.1 Å². The van der Waals surface area contributed by atoms with E-state index in [0.29, 0.717) is 0 Å². The monoisotopic (exact) mass is 262 g/mol. The third kappa shape index (κ3) is 1.66. The van der Waals surface area contributed by atoms with Crippen LogP contribution in [0.3, 0.4) is 0 Å². The average molecular weight is 262 g/mol. The maximum atomic E-state index is 13.0. The van der Waals surface area contributed by atoms with Gasteiger partial charge in [-0.1, -0.05) is 0 Å². The first-order chi connectivity index (χ1) is 8.30. The van der Waals surface area contributed by atoms with Gasteiger partial charge in [-0.3, -0.25) is 0 Å². The molecule has 1 N–H and O–H groups in total. The molecule has 0 fully saturated rings. The fraction of sp³-hybridized carbons (Fsp3) is 0.364. The van der Waals surface area contributed by atoms with Crippen LogP contribution in [0, 0.1) is 0 Å². The highest BCUT2D eigenvalue weighted by molar-refractivity contribution is 5.83. The number of alkyl halides is 3. The number of phenols is 1. The topological polar surface area (TPSA) is 55.8 Å². The van der Waals surface area contributed by atoms with E-state index in [1.165, 1.54) is 12.1 Å². The number of carbonyl (C=O) groups is 1. The second kappa shape index (κ2) is 3.79. The zero-order valence-corrected chi connectivity index (χ0v) is 9.25. The molecular formula is C11H9F3O4. The fourth-order valence-electron chi connectivity index (χ4n) is 1.85. The highest BCUT2D eigenvalue weighted by Gasteiger charge is 2.66. The normalized spacial score (nSPS) is 22.2. The number of rotatable bonds is 1. The van der Waals surface area contributed by atoms with E-state index in [1.54, 1.807) is 0 Å². The number of halogens is 3. The van der Waals surface area contributed by atoms with Crippen molar-refractivity contribution in [1.82, 2.24) is 0 Å². The van der Waals surface area contributed by atoms with Gasteiger partial charge in [0.05, 0.1) is 7.11 Å². The van der Waals surface area contributed by atoms with Gasteiger partial charge >= 0.3 is 17.7 Å². The van der Waals surface area contributed by atoms with Gasteiger partial charge in [-0.25, -0.2) is 4.79 Å². The molecule has 1 aliphatic rings. The Bertz CT molecular complexity index is 498. The van der Waals surface area contributed by atoms with E-state index in [2.05, 4.69) is 4.74 Å². The molecular weight excluding hydrogens is 253 g/mol. The summed E-state index contributed by atoms with van der Waals surface area (Å²) in [6.07, 6.45) is -5.62. The number of aromatic hydroxyl groups is 1. The molecule has 0 saturated carbocycles.